The molecule has 0 radical (unpaired) electrons. The van der Waals surface area contributed by atoms with Crippen molar-refractivity contribution < 1.29 is 0 Å². The van der Waals surface area contributed by atoms with Crippen molar-refractivity contribution in [2.24, 2.45) is 0 Å². The predicted molar refractivity (Wildman–Crippen MR) is 348 cm³/mol. The molecule has 14 rings (SSSR count). The fourth-order valence-electron chi connectivity index (χ4n) is 11.8. The minimum absolute atomic E-state index is 0.869. The molecule has 0 saturated carbocycles. The molecule has 0 aliphatic heterocycles. The van der Waals surface area contributed by atoms with Gasteiger partial charge in [0.1, 0.15) is 0 Å². The molecule has 14 aromatic carbocycles. The minimum Gasteiger partial charge on any atom is -0.310 e. The third-order valence-corrected chi connectivity index (χ3v) is 20.1. The molecule has 0 heterocycles. The maximum atomic E-state index is 2.50. The van der Waals surface area contributed by atoms with Crippen molar-refractivity contribution in [3.8, 4) is 22.3 Å². The van der Waals surface area contributed by atoms with Gasteiger partial charge in [0.25, 0.3) is 0 Å². The van der Waals surface area contributed by atoms with Crippen molar-refractivity contribution in [3.63, 3.8) is 0 Å². The molecule has 378 valence electrons. The first-order valence-electron chi connectivity index (χ1n) is 27.3. The average Bonchev–Trinajstić information content (AvgIpc) is 3.62. The summed E-state index contributed by atoms with van der Waals surface area (Å²) in [7, 11) is -1.74. The molecule has 0 N–H and O–H groups in total. The Morgan fingerprint density at radius 3 is 0.787 bits per heavy atom. The van der Waals surface area contributed by atoms with Gasteiger partial charge in [-0.25, -0.2) is 0 Å². The molecule has 14 aromatic rings. The Hall–Kier alpha value is -9.42. The number of rotatable bonds is 14. The molecule has 0 spiro atoms. The van der Waals surface area contributed by atoms with E-state index < -0.39 is 15.8 Å². The molecule has 0 amide bonds. The zero-order chi connectivity index (χ0) is 53.2. The van der Waals surface area contributed by atoms with Crippen molar-refractivity contribution in [1.29, 1.82) is 0 Å². The third-order valence-electron chi connectivity index (χ3n) is 15.3. The molecular weight excluding hydrogens is 1000 g/mol. The normalized spacial score (nSPS) is 11.5. The molecule has 0 aliphatic carbocycles. The van der Waals surface area contributed by atoms with Crippen LogP contribution in [0.2, 0.25) is 0 Å². The van der Waals surface area contributed by atoms with E-state index in [9.17, 15) is 0 Å². The van der Waals surface area contributed by atoms with E-state index in [0.717, 1.165) is 34.1 Å². The van der Waals surface area contributed by atoms with E-state index in [-0.39, 0.29) is 0 Å². The quantitative estimate of drug-likeness (QED) is 0.0791. The van der Waals surface area contributed by atoms with Crippen LogP contribution in [0.4, 0.5) is 34.1 Å². The standard InChI is InChI=1S/C76H54N2P2/c1-9-27-55(28-10-1)71-53-73(77(57-31-13-3-14-32-57)59-35-25-45-65(51-59)79(61-37-17-5-18-38-61)62-39-19-6-20-40-62)69-50-48-68-72(56-29-11-2-12-30-56)54-74(70-49-47-67(71)75(69)76(68)70)78(58-33-15-4-16-34-58)60-36-26-46-66(52-60)80(63-41-21-7-22-42-63)64-43-23-8-24-44-64/h1-54H. The molecular formula is C76H54N2P2. The fraction of sp³-hybridized carbons (Fsp3) is 0. The molecule has 0 aromatic heterocycles. The molecule has 0 aliphatic rings. The lowest BCUT2D eigenvalue weighted by atomic mass is 9.85. The number of hydrogen-bond donors (Lipinski definition) is 0. The Balaban J connectivity index is 1.06. The molecule has 4 heteroatoms. The van der Waals surface area contributed by atoms with Crippen molar-refractivity contribution >= 4 is 114 Å². The third kappa shape index (κ3) is 9.19. The maximum Gasteiger partial charge on any atom is 0.0546 e. The highest BCUT2D eigenvalue weighted by atomic mass is 31.1. The first-order valence-corrected chi connectivity index (χ1v) is 30.0. The van der Waals surface area contributed by atoms with Gasteiger partial charge in [-0.05, 0) is 141 Å². The van der Waals surface area contributed by atoms with Gasteiger partial charge >= 0.3 is 0 Å². The van der Waals surface area contributed by atoms with Gasteiger partial charge in [-0.15, -0.1) is 0 Å². The number of benzene rings is 14. The summed E-state index contributed by atoms with van der Waals surface area (Å²) in [5, 5.41) is 15.1. The summed E-state index contributed by atoms with van der Waals surface area (Å²) < 4.78 is 0. The van der Waals surface area contributed by atoms with Gasteiger partial charge in [-0.1, -0.05) is 267 Å². The number of anilines is 6. The van der Waals surface area contributed by atoms with Crippen LogP contribution in [0.5, 0.6) is 0 Å². The Morgan fingerprint density at radius 1 is 0.200 bits per heavy atom. The molecule has 0 atom stereocenters. The number of para-hydroxylation sites is 2. The second-order valence-corrected chi connectivity index (χ2v) is 24.5. The monoisotopic (exact) mass is 1060 g/mol. The first kappa shape index (κ1) is 48.9. The average molecular weight is 1060 g/mol. The van der Waals surface area contributed by atoms with Crippen molar-refractivity contribution in [2.75, 3.05) is 9.80 Å². The largest absolute Gasteiger partial charge is 0.310 e. The van der Waals surface area contributed by atoms with E-state index in [0.29, 0.717) is 0 Å². The van der Waals surface area contributed by atoms with Gasteiger partial charge in [0.05, 0.1) is 11.4 Å². The molecule has 0 unspecified atom stereocenters. The van der Waals surface area contributed by atoms with Crippen LogP contribution in [-0.2, 0) is 0 Å². The Morgan fingerprint density at radius 2 is 0.463 bits per heavy atom. The lowest BCUT2D eigenvalue weighted by molar-refractivity contribution is 1.30. The summed E-state index contributed by atoms with van der Waals surface area (Å²) in [6.45, 7) is 0. The zero-order valence-electron chi connectivity index (χ0n) is 44.0. The van der Waals surface area contributed by atoms with Gasteiger partial charge in [-0.3, -0.25) is 0 Å². The summed E-state index contributed by atoms with van der Waals surface area (Å²) in [4.78, 5) is 5.01. The Kier molecular flexibility index (Phi) is 13.3. The Labute approximate surface area is 471 Å². The van der Waals surface area contributed by atoms with E-state index in [4.69, 9.17) is 0 Å². The second-order valence-electron chi connectivity index (χ2n) is 20.1. The molecule has 80 heavy (non-hydrogen) atoms. The van der Waals surface area contributed by atoms with Crippen LogP contribution in [0.3, 0.4) is 0 Å². The predicted octanol–water partition coefficient (Wildman–Crippen LogP) is 18.4. The highest BCUT2D eigenvalue weighted by Crippen LogP contribution is 2.52. The number of hydrogen-bond acceptors (Lipinski definition) is 2. The highest BCUT2D eigenvalue weighted by Gasteiger charge is 2.27. The van der Waals surface area contributed by atoms with Crippen LogP contribution >= 0.6 is 15.8 Å². The van der Waals surface area contributed by atoms with Crippen molar-refractivity contribution in [2.45, 2.75) is 0 Å². The molecule has 0 fully saturated rings. The minimum atomic E-state index is -0.869. The number of nitrogens with zero attached hydrogens (tertiary/aromatic N) is 2. The Bertz CT molecular complexity index is 4030. The SMILES string of the molecule is c1ccc(-c2cc(N(c3ccccc3)c3cccc(P(c4ccccc4)c4ccccc4)c3)c3ccc4c(-c5ccccc5)cc(N(c5ccccc5)c5cccc(P(c6ccccc6)c6ccccc6)c5)c5ccc2c3c45)cc1. The van der Waals surface area contributed by atoms with Gasteiger partial charge < -0.3 is 9.80 Å². The van der Waals surface area contributed by atoms with Crippen molar-refractivity contribution in [1.82, 2.24) is 0 Å². The first-order chi connectivity index (χ1) is 39.7. The molecule has 2 nitrogen and oxygen atoms in total. The summed E-state index contributed by atoms with van der Waals surface area (Å²) in [5.74, 6) is 0. The smallest absolute Gasteiger partial charge is 0.0546 e. The van der Waals surface area contributed by atoms with Crippen LogP contribution in [0.1, 0.15) is 0 Å². The van der Waals surface area contributed by atoms with Gasteiger partial charge in [0, 0.05) is 44.3 Å². The molecule has 0 saturated heterocycles. The van der Waals surface area contributed by atoms with E-state index in [1.807, 2.05) is 0 Å². The van der Waals surface area contributed by atoms with Gasteiger partial charge in [-0.2, -0.15) is 0 Å². The van der Waals surface area contributed by atoms with Crippen LogP contribution in [-0.4, -0.2) is 0 Å². The van der Waals surface area contributed by atoms with Crippen LogP contribution in [0, 0.1) is 0 Å². The van der Waals surface area contributed by atoms with Crippen molar-refractivity contribution in [3.05, 3.63) is 328 Å². The van der Waals surface area contributed by atoms with E-state index in [1.165, 1.54) is 86.4 Å². The summed E-state index contributed by atoms with van der Waals surface area (Å²) >= 11 is 0. The molecule has 0 bridgehead atoms. The lowest BCUT2D eigenvalue weighted by Crippen LogP contribution is -2.21. The van der Waals surface area contributed by atoms with E-state index in [1.54, 1.807) is 0 Å². The summed E-state index contributed by atoms with van der Waals surface area (Å²) in [5.41, 5.74) is 11.3. The van der Waals surface area contributed by atoms with Crippen LogP contribution in [0.25, 0.3) is 54.6 Å². The second kappa shape index (κ2) is 21.8. The van der Waals surface area contributed by atoms with Crippen LogP contribution in [0.15, 0.2) is 328 Å². The zero-order valence-corrected chi connectivity index (χ0v) is 45.8. The van der Waals surface area contributed by atoms with Gasteiger partial charge in [0.2, 0.25) is 0 Å². The summed E-state index contributed by atoms with van der Waals surface area (Å²) in [6, 6.07) is 121. The van der Waals surface area contributed by atoms with E-state index >= 15 is 0 Å². The topological polar surface area (TPSA) is 6.48 Å². The fourth-order valence-corrected chi connectivity index (χ4v) is 16.5. The van der Waals surface area contributed by atoms with Gasteiger partial charge in [0.15, 0.2) is 0 Å². The maximum absolute atomic E-state index is 2.50. The highest BCUT2D eigenvalue weighted by molar-refractivity contribution is 7.80. The summed E-state index contributed by atoms with van der Waals surface area (Å²) in [6.07, 6.45) is 0. The van der Waals surface area contributed by atoms with E-state index in [2.05, 4.69) is 337 Å². The van der Waals surface area contributed by atoms with Crippen LogP contribution < -0.4 is 41.6 Å². The lowest BCUT2D eigenvalue weighted by Gasteiger charge is -2.31.